The van der Waals surface area contributed by atoms with E-state index in [1.54, 1.807) is 42.5 Å². The Morgan fingerprint density at radius 3 is 2.59 bits per heavy atom. The molecule has 1 saturated heterocycles. The van der Waals surface area contributed by atoms with Crippen molar-refractivity contribution in [3.05, 3.63) is 98.4 Å². The molecule has 1 aliphatic heterocycles. The molecule has 2 amide bonds. The molecule has 1 atom stereocenters. The molecule has 2 heterocycles. The molecule has 6 nitrogen and oxygen atoms in total. The molecule has 0 bridgehead atoms. The van der Waals surface area contributed by atoms with Gasteiger partial charge in [-0.1, -0.05) is 58.7 Å². The summed E-state index contributed by atoms with van der Waals surface area (Å²) in [4.78, 5) is 27.9. The smallest absolute Gasteiger partial charge is 0.265 e. The molecule has 4 rings (SSSR count). The fraction of sp³-hybridized carbons (Fsp3) is 0.160. The van der Waals surface area contributed by atoms with E-state index in [9.17, 15) is 14.9 Å². The van der Waals surface area contributed by atoms with Gasteiger partial charge in [0.15, 0.2) is 0 Å². The average molecular weight is 512 g/mol. The molecule has 0 aliphatic carbocycles. The van der Waals surface area contributed by atoms with Crippen LogP contribution in [0, 0.1) is 18.3 Å². The first-order valence-electron chi connectivity index (χ1n) is 10.3. The Morgan fingerprint density at radius 1 is 1.18 bits per heavy atom. The second-order valence-corrected chi connectivity index (χ2v) is 9.63. The summed E-state index contributed by atoms with van der Waals surface area (Å²) in [6, 6.07) is 18.0. The Hall–Kier alpha value is -3.18. The summed E-state index contributed by atoms with van der Waals surface area (Å²) in [6.07, 6.45) is 1.86. The van der Waals surface area contributed by atoms with Crippen molar-refractivity contribution in [2.24, 2.45) is 0 Å². The van der Waals surface area contributed by atoms with E-state index in [0.717, 1.165) is 11.1 Å². The molecule has 0 radical (unpaired) electrons. The highest BCUT2D eigenvalue weighted by atomic mass is 35.5. The van der Waals surface area contributed by atoms with Crippen molar-refractivity contribution in [2.75, 3.05) is 4.90 Å². The molecule has 1 aromatic heterocycles. The van der Waals surface area contributed by atoms with Gasteiger partial charge in [0, 0.05) is 5.69 Å². The molecule has 0 saturated carbocycles. The zero-order valence-corrected chi connectivity index (χ0v) is 20.4. The lowest BCUT2D eigenvalue weighted by atomic mass is 10.1. The van der Waals surface area contributed by atoms with E-state index in [4.69, 9.17) is 27.6 Å². The van der Waals surface area contributed by atoms with E-state index in [-0.39, 0.29) is 18.0 Å². The standard InChI is InChI=1S/C25H19Cl2N3O3S/c1-15-4-7-17(8-5-15)30-24(32)22(12-16-6-9-20(26)21(27)11-16)34-25(30)19(13-28)23(31)29-14-18-3-2-10-33-18/h2-11,22H,12,14H2,1H3,(H,29,31)/b25-19-. The number of aryl methyl sites for hydroxylation is 1. The summed E-state index contributed by atoms with van der Waals surface area (Å²) in [6.45, 7) is 2.07. The van der Waals surface area contributed by atoms with Crippen molar-refractivity contribution in [1.29, 1.82) is 5.26 Å². The molecular formula is C25H19Cl2N3O3S. The molecule has 34 heavy (non-hydrogen) atoms. The summed E-state index contributed by atoms with van der Waals surface area (Å²) in [5.41, 5.74) is 2.30. The van der Waals surface area contributed by atoms with Crippen LogP contribution in [0.25, 0.3) is 0 Å². The molecule has 1 fully saturated rings. The third-order valence-electron chi connectivity index (χ3n) is 5.21. The maximum Gasteiger partial charge on any atom is 0.265 e. The Balaban J connectivity index is 1.68. The Bertz CT molecular complexity index is 1300. The first-order valence-corrected chi connectivity index (χ1v) is 12.0. The molecule has 0 spiro atoms. The molecule has 1 N–H and O–H groups in total. The van der Waals surface area contributed by atoms with Crippen LogP contribution in [0.3, 0.4) is 0 Å². The van der Waals surface area contributed by atoms with E-state index in [1.165, 1.54) is 22.9 Å². The first-order chi connectivity index (χ1) is 16.4. The Labute approximate surface area is 211 Å². The van der Waals surface area contributed by atoms with Crippen molar-refractivity contribution < 1.29 is 14.0 Å². The number of nitrogens with zero attached hydrogens (tertiary/aromatic N) is 2. The Morgan fingerprint density at radius 2 is 1.94 bits per heavy atom. The molecule has 172 valence electrons. The quantitative estimate of drug-likeness (QED) is 0.342. The van der Waals surface area contributed by atoms with Gasteiger partial charge >= 0.3 is 0 Å². The summed E-state index contributed by atoms with van der Waals surface area (Å²) < 4.78 is 5.24. The zero-order valence-electron chi connectivity index (χ0n) is 18.0. The normalized spacial score (nSPS) is 16.9. The third-order valence-corrected chi connectivity index (χ3v) is 7.21. The lowest BCUT2D eigenvalue weighted by molar-refractivity contribution is -0.117. The summed E-state index contributed by atoms with van der Waals surface area (Å²) in [7, 11) is 0. The van der Waals surface area contributed by atoms with Crippen LogP contribution >= 0.6 is 35.0 Å². The van der Waals surface area contributed by atoms with Gasteiger partial charge < -0.3 is 9.73 Å². The number of nitrogens with one attached hydrogen (secondary N) is 1. The van der Waals surface area contributed by atoms with Crippen LogP contribution in [-0.2, 0) is 22.6 Å². The van der Waals surface area contributed by atoms with Gasteiger partial charge in [-0.2, -0.15) is 5.26 Å². The number of hydrogen-bond acceptors (Lipinski definition) is 5. The number of amides is 2. The molecule has 2 aromatic carbocycles. The number of nitriles is 1. The maximum absolute atomic E-state index is 13.5. The van der Waals surface area contributed by atoms with Gasteiger partial charge in [0.05, 0.1) is 28.1 Å². The third kappa shape index (κ3) is 5.15. The zero-order chi connectivity index (χ0) is 24.2. The highest BCUT2D eigenvalue weighted by Gasteiger charge is 2.40. The van der Waals surface area contributed by atoms with Crippen molar-refractivity contribution >= 4 is 52.5 Å². The first kappa shape index (κ1) is 24.0. The van der Waals surface area contributed by atoms with Gasteiger partial charge in [-0.05, 0) is 55.3 Å². The van der Waals surface area contributed by atoms with Crippen LogP contribution in [-0.4, -0.2) is 17.1 Å². The molecule has 9 heteroatoms. The summed E-state index contributed by atoms with van der Waals surface area (Å²) in [5, 5.41) is 13.1. The lowest BCUT2D eigenvalue weighted by Gasteiger charge is -2.19. The van der Waals surface area contributed by atoms with Gasteiger partial charge in [0.2, 0.25) is 5.91 Å². The van der Waals surface area contributed by atoms with Crippen LogP contribution in [0.15, 0.2) is 75.9 Å². The van der Waals surface area contributed by atoms with Crippen molar-refractivity contribution in [2.45, 2.75) is 25.1 Å². The molecule has 1 aliphatic rings. The van der Waals surface area contributed by atoms with Crippen LogP contribution in [0.5, 0.6) is 0 Å². The summed E-state index contributed by atoms with van der Waals surface area (Å²) >= 11 is 13.4. The van der Waals surface area contributed by atoms with E-state index in [2.05, 4.69) is 5.32 Å². The summed E-state index contributed by atoms with van der Waals surface area (Å²) in [5.74, 6) is -0.248. The molecule has 1 unspecified atom stereocenters. The highest BCUT2D eigenvalue weighted by molar-refractivity contribution is 8.05. The van der Waals surface area contributed by atoms with Gasteiger partial charge in [0.25, 0.3) is 5.91 Å². The minimum atomic E-state index is -0.582. The van der Waals surface area contributed by atoms with Crippen molar-refractivity contribution in [3.63, 3.8) is 0 Å². The highest BCUT2D eigenvalue weighted by Crippen LogP contribution is 2.42. The number of halogens is 2. The van der Waals surface area contributed by atoms with Gasteiger partial charge in [0.1, 0.15) is 22.4 Å². The number of thioether (sulfide) groups is 1. The van der Waals surface area contributed by atoms with Crippen molar-refractivity contribution in [1.82, 2.24) is 5.32 Å². The number of rotatable bonds is 6. The SMILES string of the molecule is Cc1ccc(N2C(=O)C(Cc3ccc(Cl)c(Cl)c3)S/C2=C(/C#N)C(=O)NCc2ccco2)cc1. The van der Waals surface area contributed by atoms with Crippen LogP contribution in [0.4, 0.5) is 5.69 Å². The fourth-order valence-corrected chi connectivity index (χ4v) is 5.09. The van der Waals surface area contributed by atoms with Gasteiger partial charge in [-0.25, -0.2) is 0 Å². The topological polar surface area (TPSA) is 86.3 Å². The van der Waals surface area contributed by atoms with E-state index >= 15 is 0 Å². The van der Waals surface area contributed by atoms with E-state index < -0.39 is 11.2 Å². The molecule has 3 aromatic rings. The predicted octanol–water partition coefficient (Wildman–Crippen LogP) is 5.64. The average Bonchev–Trinajstić information content (AvgIpc) is 3.45. The second kappa shape index (κ2) is 10.4. The minimum Gasteiger partial charge on any atom is -0.467 e. The van der Waals surface area contributed by atoms with E-state index in [1.807, 2.05) is 25.1 Å². The number of anilines is 1. The maximum atomic E-state index is 13.5. The molecular weight excluding hydrogens is 493 g/mol. The second-order valence-electron chi connectivity index (χ2n) is 7.62. The van der Waals surface area contributed by atoms with Crippen molar-refractivity contribution in [3.8, 4) is 6.07 Å². The fourth-order valence-electron chi connectivity index (χ4n) is 3.47. The largest absolute Gasteiger partial charge is 0.467 e. The van der Waals surface area contributed by atoms with Gasteiger partial charge in [-0.15, -0.1) is 0 Å². The lowest BCUT2D eigenvalue weighted by Crippen LogP contribution is -2.32. The van der Waals surface area contributed by atoms with Gasteiger partial charge in [-0.3, -0.25) is 14.5 Å². The number of carbonyl (C=O) groups excluding carboxylic acids is 2. The number of hydrogen-bond donors (Lipinski definition) is 1. The number of benzene rings is 2. The predicted molar refractivity (Wildman–Crippen MR) is 133 cm³/mol. The van der Waals surface area contributed by atoms with Crippen LogP contribution in [0.2, 0.25) is 10.0 Å². The van der Waals surface area contributed by atoms with Crippen LogP contribution in [0.1, 0.15) is 16.9 Å². The number of carbonyl (C=O) groups is 2. The minimum absolute atomic E-state index is 0.125. The Kier molecular flexibility index (Phi) is 7.32. The monoisotopic (exact) mass is 511 g/mol. The number of furan rings is 1. The van der Waals surface area contributed by atoms with Crippen LogP contribution < -0.4 is 10.2 Å². The van der Waals surface area contributed by atoms with E-state index in [0.29, 0.717) is 32.9 Å².